The van der Waals surface area contributed by atoms with E-state index in [0.29, 0.717) is 19.3 Å². The second-order valence-corrected chi connectivity index (χ2v) is 4.47. The van der Waals surface area contributed by atoms with Crippen molar-refractivity contribution in [3.05, 3.63) is 12.7 Å². The summed E-state index contributed by atoms with van der Waals surface area (Å²) in [6.07, 6.45) is 3.02. The predicted molar refractivity (Wildman–Crippen MR) is 73.3 cm³/mol. The Labute approximate surface area is 111 Å². The number of esters is 1. The van der Waals surface area contributed by atoms with Crippen LogP contribution < -0.4 is 0 Å². The molecule has 0 aromatic rings. The van der Waals surface area contributed by atoms with Gasteiger partial charge in [-0.3, -0.25) is 4.90 Å². The van der Waals surface area contributed by atoms with Crippen molar-refractivity contribution in [2.75, 3.05) is 19.8 Å². The average Bonchev–Trinajstić information content (AvgIpc) is 2.33. The zero-order valence-electron chi connectivity index (χ0n) is 12.1. The zero-order valence-corrected chi connectivity index (χ0v) is 12.1. The molecule has 0 spiro atoms. The monoisotopic (exact) mass is 257 g/mol. The number of ether oxygens (including phenoxy) is 2. The second kappa shape index (κ2) is 10.1. The van der Waals surface area contributed by atoms with Crippen molar-refractivity contribution in [1.82, 2.24) is 4.90 Å². The van der Waals surface area contributed by atoms with Crippen LogP contribution in [0.2, 0.25) is 0 Å². The molecule has 0 N–H and O–H groups in total. The van der Waals surface area contributed by atoms with E-state index >= 15 is 0 Å². The molecule has 0 saturated carbocycles. The molecule has 0 heterocycles. The lowest BCUT2D eigenvalue weighted by molar-refractivity contribution is -0.138. The molecule has 0 fully saturated rings. The van der Waals surface area contributed by atoms with Gasteiger partial charge in [-0.05, 0) is 40.2 Å². The van der Waals surface area contributed by atoms with Crippen LogP contribution in [0.3, 0.4) is 0 Å². The second-order valence-electron chi connectivity index (χ2n) is 4.47. The summed E-state index contributed by atoms with van der Waals surface area (Å²) in [4.78, 5) is 13.1. The van der Waals surface area contributed by atoms with Crippen LogP contribution in [0.5, 0.6) is 0 Å². The van der Waals surface area contributed by atoms with Crippen LogP contribution in [0.25, 0.3) is 0 Å². The number of unbranched alkanes of at least 4 members (excludes halogenated alkanes) is 1. The fourth-order valence-corrected chi connectivity index (χ4v) is 1.83. The Morgan fingerprint density at radius 3 is 2.39 bits per heavy atom. The number of hydrogen-bond donors (Lipinski definition) is 0. The third-order valence-corrected chi connectivity index (χ3v) is 2.80. The van der Waals surface area contributed by atoms with Gasteiger partial charge in [0, 0.05) is 18.7 Å². The van der Waals surface area contributed by atoms with Crippen molar-refractivity contribution >= 4 is 5.97 Å². The number of nitrogens with zero attached hydrogens (tertiary/aromatic N) is 1. The van der Waals surface area contributed by atoms with Crippen LogP contribution in [-0.4, -0.2) is 42.9 Å². The molecule has 106 valence electrons. The van der Waals surface area contributed by atoms with Crippen molar-refractivity contribution in [2.45, 2.75) is 52.8 Å². The molecule has 0 saturated heterocycles. The SMILES string of the molecule is C=CC(=O)OCCCCOC(C)N(CC)C(C)C. The van der Waals surface area contributed by atoms with Gasteiger partial charge in [-0.2, -0.15) is 0 Å². The molecule has 0 radical (unpaired) electrons. The van der Waals surface area contributed by atoms with Gasteiger partial charge < -0.3 is 9.47 Å². The standard InChI is InChI=1S/C14H27NO3/c1-6-14(16)18-11-9-8-10-17-13(5)15(7-2)12(3)4/h6,12-13H,1,7-11H2,2-5H3. The van der Waals surface area contributed by atoms with Crippen LogP contribution in [-0.2, 0) is 14.3 Å². The van der Waals surface area contributed by atoms with Gasteiger partial charge >= 0.3 is 5.97 Å². The molecule has 0 aromatic heterocycles. The molecule has 1 unspecified atom stereocenters. The lowest BCUT2D eigenvalue weighted by atomic mass is 10.3. The maximum absolute atomic E-state index is 10.8. The quantitative estimate of drug-likeness (QED) is 0.261. The molecule has 0 aliphatic heterocycles. The topological polar surface area (TPSA) is 38.8 Å². The first kappa shape index (κ1) is 17.1. The van der Waals surface area contributed by atoms with Gasteiger partial charge in [0.2, 0.25) is 0 Å². The maximum atomic E-state index is 10.8. The van der Waals surface area contributed by atoms with Crippen molar-refractivity contribution in [3.8, 4) is 0 Å². The van der Waals surface area contributed by atoms with E-state index in [9.17, 15) is 4.79 Å². The summed E-state index contributed by atoms with van der Waals surface area (Å²) in [5.41, 5.74) is 0. The van der Waals surface area contributed by atoms with Crippen LogP contribution in [0.1, 0.15) is 40.5 Å². The van der Waals surface area contributed by atoms with Crippen LogP contribution >= 0.6 is 0 Å². The van der Waals surface area contributed by atoms with Gasteiger partial charge in [0.1, 0.15) is 6.23 Å². The highest BCUT2D eigenvalue weighted by atomic mass is 16.5. The predicted octanol–water partition coefficient (Wildman–Crippen LogP) is 2.59. The Balaban J connectivity index is 3.59. The Kier molecular flexibility index (Phi) is 9.60. The molecule has 0 aliphatic rings. The number of hydrogen-bond acceptors (Lipinski definition) is 4. The maximum Gasteiger partial charge on any atom is 0.330 e. The molecule has 0 amide bonds. The Morgan fingerprint density at radius 2 is 1.89 bits per heavy atom. The molecule has 1 atom stereocenters. The minimum Gasteiger partial charge on any atom is -0.463 e. The fourth-order valence-electron chi connectivity index (χ4n) is 1.83. The summed E-state index contributed by atoms with van der Waals surface area (Å²) in [5.74, 6) is -0.360. The van der Waals surface area contributed by atoms with Crippen LogP contribution in [0.15, 0.2) is 12.7 Å². The number of carbonyl (C=O) groups is 1. The van der Waals surface area contributed by atoms with Crippen molar-refractivity contribution in [2.24, 2.45) is 0 Å². The van der Waals surface area contributed by atoms with Crippen molar-refractivity contribution < 1.29 is 14.3 Å². The first-order valence-corrected chi connectivity index (χ1v) is 6.69. The highest BCUT2D eigenvalue weighted by Crippen LogP contribution is 2.07. The molecule has 4 nitrogen and oxygen atoms in total. The molecule has 18 heavy (non-hydrogen) atoms. The van der Waals surface area contributed by atoms with E-state index in [1.807, 2.05) is 0 Å². The van der Waals surface area contributed by atoms with Gasteiger partial charge in [0.05, 0.1) is 6.61 Å². The first-order chi connectivity index (χ1) is 8.52. The summed E-state index contributed by atoms with van der Waals surface area (Å²) in [5, 5.41) is 0. The lowest BCUT2D eigenvalue weighted by Crippen LogP contribution is -2.40. The third-order valence-electron chi connectivity index (χ3n) is 2.80. The third kappa shape index (κ3) is 7.45. The van der Waals surface area contributed by atoms with E-state index in [0.717, 1.165) is 19.4 Å². The van der Waals surface area contributed by atoms with E-state index in [4.69, 9.17) is 9.47 Å². The summed E-state index contributed by atoms with van der Waals surface area (Å²) in [6, 6.07) is 0.485. The van der Waals surface area contributed by atoms with Gasteiger partial charge in [-0.1, -0.05) is 13.5 Å². The van der Waals surface area contributed by atoms with Gasteiger partial charge in [0.15, 0.2) is 0 Å². The molecule has 0 rings (SSSR count). The normalized spacial score (nSPS) is 12.8. The van der Waals surface area contributed by atoms with Gasteiger partial charge in [-0.15, -0.1) is 0 Å². The smallest absolute Gasteiger partial charge is 0.330 e. The van der Waals surface area contributed by atoms with Crippen molar-refractivity contribution in [3.63, 3.8) is 0 Å². The van der Waals surface area contributed by atoms with E-state index in [-0.39, 0.29) is 12.2 Å². The molecule has 0 aromatic carbocycles. The number of rotatable bonds is 10. The fraction of sp³-hybridized carbons (Fsp3) is 0.786. The van der Waals surface area contributed by atoms with E-state index < -0.39 is 0 Å². The van der Waals surface area contributed by atoms with Gasteiger partial charge in [-0.25, -0.2) is 4.79 Å². The van der Waals surface area contributed by atoms with Crippen molar-refractivity contribution in [1.29, 1.82) is 0 Å². The van der Waals surface area contributed by atoms with Crippen LogP contribution in [0, 0.1) is 0 Å². The molecule has 4 heteroatoms. The van der Waals surface area contributed by atoms with Gasteiger partial charge in [0.25, 0.3) is 0 Å². The minimum absolute atomic E-state index is 0.130. The molecule has 0 aliphatic carbocycles. The first-order valence-electron chi connectivity index (χ1n) is 6.69. The van der Waals surface area contributed by atoms with E-state index in [1.54, 1.807) is 0 Å². The number of carbonyl (C=O) groups excluding carboxylic acids is 1. The Hall–Kier alpha value is -0.870. The van der Waals surface area contributed by atoms with E-state index in [2.05, 4.69) is 39.2 Å². The molecule has 0 bridgehead atoms. The molecular weight excluding hydrogens is 230 g/mol. The zero-order chi connectivity index (χ0) is 14.0. The summed E-state index contributed by atoms with van der Waals surface area (Å²) in [6.45, 7) is 14.0. The summed E-state index contributed by atoms with van der Waals surface area (Å²) < 4.78 is 10.6. The summed E-state index contributed by atoms with van der Waals surface area (Å²) >= 11 is 0. The average molecular weight is 257 g/mol. The summed E-state index contributed by atoms with van der Waals surface area (Å²) in [7, 11) is 0. The highest BCUT2D eigenvalue weighted by Gasteiger charge is 2.14. The Bertz CT molecular complexity index is 241. The Morgan fingerprint density at radius 1 is 1.28 bits per heavy atom. The largest absolute Gasteiger partial charge is 0.463 e. The minimum atomic E-state index is -0.360. The van der Waals surface area contributed by atoms with Crippen LogP contribution in [0.4, 0.5) is 0 Å². The molecular formula is C14H27NO3. The lowest BCUT2D eigenvalue weighted by Gasteiger charge is -2.31. The highest BCUT2D eigenvalue weighted by molar-refractivity contribution is 5.81. The van der Waals surface area contributed by atoms with E-state index in [1.165, 1.54) is 6.08 Å².